The molecule has 0 aliphatic rings. The smallest absolute Gasteiger partial charge is 0.251 e. The van der Waals surface area contributed by atoms with E-state index in [0.29, 0.717) is 28.1 Å². The third-order valence-electron chi connectivity index (χ3n) is 3.59. The Labute approximate surface area is 149 Å². The van der Waals surface area contributed by atoms with E-state index in [2.05, 4.69) is 15.5 Å². The maximum absolute atomic E-state index is 12.2. The predicted octanol–water partition coefficient (Wildman–Crippen LogP) is 3.64. The van der Waals surface area contributed by atoms with Crippen molar-refractivity contribution in [1.82, 2.24) is 15.5 Å². The number of nitrogens with zero attached hydrogens (tertiary/aromatic N) is 2. The van der Waals surface area contributed by atoms with Crippen molar-refractivity contribution in [2.75, 3.05) is 7.11 Å². The third-order valence-corrected chi connectivity index (χ3v) is 3.89. The number of halogens is 1. The average Bonchev–Trinajstić information content (AvgIpc) is 3.09. The highest BCUT2D eigenvalue weighted by Gasteiger charge is 2.12. The number of nitrogens with one attached hydrogen (secondary N) is 1. The molecule has 1 N–H and O–H groups in total. The fourth-order valence-electron chi connectivity index (χ4n) is 2.21. The quantitative estimate of drug-likeness (QED) is 0.754. The highest BCUT2D eigenvalue weighted by molar-refractivity contribution is 6.32. The lowest BCUT2D eigenvalue weighted by molar-refractivity contribution is 0.0946. The van der Waals surface area contributed by atoms with Gasteiger partial charge in [-0.15, -0.1) is 0 Å². The lowest BCUT2D eigenvalue weighted by atomic mass is 10.1. The molecular weight excluding hydrogens is 342 g/mol. The van der Waals surface area contributed by atoms with Crippen molar-refractivity contribution in [1.29, 1.82) is 0 Å². The van der Waals surface area contributed by atoms with Gasteiger partial charge >= 0.3 is 0 Å². The molecule has 6 nitrogen and oxygen atoms in total. The van der Waals surface area contributed by atoms with Crippen LogP contribution in [0.1, 0.15) is 21.8 Å². The van der Waals surface area contributed by atoms with E-state index in [1.165, 1.54) is 7.11 Å². The van der Waals surface area contributed by atoms with Crippen LogP contribution >= 0.6 is 11.6 Å². The number of rotatable bonds is 5. The minimum Gasteiger partial charge on any atom is -0.495 e. The number of amides is 1. The van der Waals surface area contributed by atoms with Gasteiger partial charge in [-0.3, -0.25) is 4.79 Å². The molecule has 0 unspecified atom stereocenters. The first-order chi connectivity index (χ1) is 12.1. The fourth-order valence-corrected chi connectivity index (χ4v) is 2.47. The molecule has 7 heteroatoms. The zero-order valence-corrected chi connectivity index (χ0v) is 14.5. The van der Waals surface area contributed by atoms with Crippen LogP contribution in [-0.4, -0.2) is 23.2 Å². The number of methoxy groups -OCH3 is 1. The molecule has 0 radical (unpaired) electrons. The van der Waals surface area contributed by atoms with Gasteiger partial charge in [0.1, 0.15) is 5.75 Å². The van der Waals surface area contributed by atoms with Crippen molar-refractivity contribution < 1.29 is 14.1 Å². The van der Waals surface area contributed by atoms with Gasteiger partial charge in [0.05, 0.1) is 18.7 Å². The lowest BCUT2D eigenvalue weighted by Gasteiger charge is -2.06. The Kier molecular flexibility index (Phi) is 5.00. The summed E-state index contributed by atoms with van der Waals surface area (Å²) in [6, 6.07) is 12.6. The molecule has 0 spiro atoms. The van der Waals surface area contributed by atoms with E-state index in [0.717, 1.165) is 11.1 Å². The van der Waals surface area contributed by atoms with Gasteiger partial charge in [-0.1, -0.05) is 46.6 Å². The predicted molar refractivity (Wildman–Crippen MR) is 93.6 cm³/mol. The van der Waals surface area contributed by atoms with Gasteiger partial charge in [0.15, 0.2) is 0 Å². The maximum Gasteiger partial charge on any atom is 0.251 e. The van der Waals surface area contributed by atoms with E-state index in [9.17, 15) is 4.79 Å². The van der Waals surface area contributed by atoms with Crippen LogP contribution in [0.3, 0.4) is 0 Å². The second-order valence-corrected chi connectivity index (χ2v) is 5.82. The molecule has 1 heterocycles. The number of aryl methyl sites for hydroxylation is 1. The summed E-state index contributed by atoms with van der Waals surface area (Å²) in [4.78, 5) is 16.5. The number of hydrogen-bond donors (Lipinski definition) is 1. The normalized spacial score (nSPS) is 10.5. The molecular formula is C18H16ClN3O3. The van der Waals surface area contributed by atoms with Crippen LogP contribution in [0.5, 0.6) is 5.75 Å². The SMILES string of the molecule is COc1ccc(C(=O)NCc2nc(-c3ccc(C)cc3)no2)cc1Cl. The van der Waals surface area contributed by atoms with E-state index in [1.807, 2.05) is 31.2 Å². The number of aromatic nitrogens is 2. The maximum atomic E-state index is 12.2. The summed E-state index contributed by atoms with van der Waals surface area (Å²) in [7, 11) is 1.52. The Balaban J connectivity index is 1.65. The highest BCUT2D eigenvalue weighted by Crippen LogP contribution is 2.24. The van der Waals surface area contributed by atoms with Gasteiger partial charge in [0.2, 0.25) is 11.7 Å². The number of benzene rings is 2. The third kappa shape index (κ3) is 3.97. The van der Waals surface area contributed by atoms with Crippen LogP contribution in [0.2, 0.25) is 5.02 Å². The molecule has 1 amide bonds. The zero-order chi connectivity index (χ0) is 17.8. The minimum atomic E-state index is -0.292. The highest BCUT2D eigenvalue weighted by atomic mass is 35.5. The summed E-state index contributed by atoms with van der Waals surface area (Å²) >= 11 is 6.03. The van der Waals surface area contributed by atoms with Gasteiger partial charge in [0.25, 0.3) is 5.91 Å². The summed E-state index contributed by atoms with van der Waals surface area (Å²) in [5.41, 5.74) is 2.43. The molecule has 0 bridgehead atoms. The van der Waals surface area contributed by atoms with Gasteiger partial charge in [-0.2, -0.15) is 4.98 Å². The van der Waals surface area contributed by atoms with Crippen molar-refractivity contribution in [3.63, 3.8) is 0 Å². The van der Waals surface area contributed by atoms with E-state index in [1.54, 1.807) is 18.2 Å². The van der Waals surface area contributed by atoms with Gasteiger partial charge in [0, 0.05) is 11.1 Å². The van der Waals surface area contributed by atoms with Gasteiger partial charge in [-0.05, 0) is 25.1 Å². The summed E-state index contributed by atoms with van der Waals surface area (Å²) < 4.78 is 10.2. The fraction of sp³-hybridized carbons (Fsp3) is 0.167. The number of carbonyl (C=O) groups is 1. The number of carbonyl (C=O) groups excluding carboxylic acids is 1. The molecule has 0 saturated heterocycles. The van der Waals surface area contributed by atoms with Crippen LogP contribution in [0, 0.1) is 6.92 Å². The lowest BCUT2D eigenvalue weighted by Crippen LogP contribution is -2.22. The Morgan fingerprint density at radius 2 is 2.00 bits per heavy atom. The molecule has 0 fully saturated rings. The first-order valence-corrected chi connectivity index (χ1v) is 7.96. The second kappa shape index (κ2) is 7.36. The first-order valence-electron chi connectivity index (χ1n) is 7.58. The topological polar surface area (TPSA) is 77.2 Å². The van der Waals surface area contributed by atoms with E-state index in [4.69, 9.17) is 20.9 Å². The average molecular weight is 358 g/mol. The monoisotopic (exact) mass is 357 g/mol. The summed E-state index contributed by atoms with van der Waals surface area (Å²) in [5, 5.41) is 7.02. The molecule has 0 aliphatic heterocycles. The zero-order valence-electron chi connectivity index (χ0n) is 13.7. The summed E-state index contributed by atoms with van der Waals surface area (Å²) in [6.07, 6.45) is 0. The van der Waals surface area contributed by atoms with Gasteiger partial charge < -0.3 is 14.6 Å². The largest absolute Gasteiger partial charge is 0.495 e. The van der Waals surface area contributed by atoms with E-state index < -0.39 is 0 Å². The van der Waals surface area contributed by atoms with Gasteiger partial charge in [-0.25, -0.2) is 0 Å². The standard InChI is InChI=1S/C18H16ClN3O3/c1-11-3-5-12(6-4-11)17-21-16(25-22-17)10-20-18(23)13-7-8-15(24-2)14(19)9-13/h3-9H,10H2,1-2H3,(H,20,23). The molecule has 0 aliphatic carbocycles. The Morgan fingerprint density at radius 1 is 1.24 bits per heavy atom. The van der Waals surface area contributed by atoms with Crippen LogP contribution in [0.15, 0.2) is 47.0 Å². The number of ether oxygens (including phenoxy) is 1. The van der Waals surface area contributed by atoms with Crippen molar-refractivity contribution in [2.24, 2.45) is 0 Å². The molecule has 2 aromatic carbocycles. The summed E-state index contributed by atoms with van der Waals surface area (Å²) in [5.74, 6) is 1.03. The Hall–Kier alpha value is -2.86. The van der Waals surface area contributed by atoms with Crippen molar-refractivity contribution in [2.45, 2.75) is 13.5 Å². The molecule has 25 heavy (non-hydrogen) atoms. The Morgan fingerprint density at radius 3 is 2.68 bits per heavy atom. The van der Waals surface area contributed by atoms with E-state index in [-0.39, 0.29) is 12.5 Å². The minimum absolute atomic E-state index is 0.126. The first kappa shape index (κ1) is 17.0. The van der Waals surface area contributed by atoms with Crippen LogP contribution in [0.25, 0.3) is 11.4 Å². The molecule has 1 aromatic heterocycles. The van der Waals surface area contributed by atoms with Crippen LogP contribution in [-0.2, 0) is 6.54 Å². The summed E-state index contributed by atoms with van der Waals surface area (Å²) in [6.45, 7) is 2.13. The number of hydrogen-bond acceptors (Lipinski definition) is 5. The Bertz CT molecular complexity index is 891. The molecule has 0 atom stereocenters. The molecule has 128 valence electrons. The second-order valence-electron chi connectivity index (χ2n) is 5.41. The van der Waals surface area contributed by atoms with Crippen molar-refractivity contribution >= 4 is 17.5 Å². The molecule has 3 aromatic rings. The van der Waals surface area contributed by atoms with Crippen LogP contribution in [0.4, 0.5) is 0 Å². The van der Waals surface area contributed by atoms with Crippen molar-refractivity contribution in [3.05, 3.63) is 64.5 Å². The van der Waals surface area contributed by atoms with E-state index >= 15 is 0 Å². The molecule has 0 saturated carbocycles. The van der Waals surface area contributed by atoms with Crippen molar-refractivity contribution in [3.8, 4) is 17.1 Å². The van der Waals surface area contributed by atoms with Crippen LogP contribution < -0.4 is 10.1 Å². The molecule has 3 rings (SSSR count).